The minimum absolute atomic E-state index is 0.0000926. The highest BCUT2D eigenvalue weighted by molar-refractivity contribution is 6.06. The summed E-state index contributed by atoms with van der Waals surface area (Å²) in [6.07, 6.45) is 0. The molecular weight excluding hydrogens is 240 g/mol. The molecule has 0 bridgehead atoms. The van der Waals surface area contributed by atoms with Crippen LogP contribution in [0.2, 0.25) is 0 Å². The number of carbonyl (C=O) groups is 1. The molecule has 2 rings (SSSR count). The molecule has 1 aromatic carbocycles. The number of hydrogen-bond acceptors (Lipinski definition) is 4. The normalized spacial score (nSPS) is 10.5. The summed E-state index contributed by atoms with van der Waals surface area (Å²) in [4.78, 5) is 18.6. The third-order valence-corrected chi connectivity index (χ3v) is 3.15. The largest absolute Gasteiger partial charge is 0.339 e. The van der Waals surface area contributed by atoms with Crippen molar-refractivity contribution in [1.29, 1.82) is 0 Å². The number of benzene rings is 1. The quantitative estimate of drug-likeness (QED) is 0.650. The Bertz CT molecular complexity index is 593. The van der Waals surface area contributed by atoms with Crippen molar-refractivity contribution in [3.8, 4) is 0 Å². The van der Waals surface area contributed by atoms with E-state index in [2.05, 4.69) is 10.4 Å². The Hall–Kier alpha value is -2.14. The number of nitrogen functional groups attached to an aromatic ring is 1. The van der Waals surface area contributed by atoms with Crippen molar-refractivity contribution in [2.24, 2.45) is 5.84 Å². The van der Waals surface area contributed by atoms with Crippen molar-refractivity contribution in [3.63, 3.8) is 0 Å². The standard InChI is InChI=1S/C14H18N4O/c1-3-18(4-2)14(19)11-9-13(17-15)16-12-8-6-5-7-10(11)12/h5-9H,3-4,15H2,1-2H3,(H,16,17). The van der Waals surface area contributed by atoms with E-state index in [9.17, 15) is 4.79 Å². The van der Waals surface area contributed by atoms with Crippen molar-refractivity contribution in [3.05, 3.63) is 35.9 Å². The molecule has 19 heavy (non-hydrogen) atoms. The predicted octanol–water partition coefficient (Wildman–Crippen LogP) is 2.00. The molecule has 0 aliphatic carbocycles. The first-order valence-corrected chi connectivity index (χ1v) is 6.36. The van der Waals surface area contributed by atoms with Gasteiger partial charge >= 0.3 is 0 Å². The number of para-hydroxylation sites is 1. The first-order valence-electron chi connectivity index (χ1n) is 6.36. The molecule has 5 nitrogen and oxygen atoms in total. The van der Waals surface area contributed by atoms with Crippen LogP contribution in [0.25, 0.3) is 10.9 Å². The Labute approximate surface area is 112 Å². The molecule has 0 spiro atoms. The number of nitrogens with zero attached hydrogens (tertiary/aromatic N) is 2. The van der Waals surface area contributed by atoms with Crippen LogP contribution in [0.15, 0.2) is 30.3 Å². The van der Waals surface area contributed by atoms with Crippen molar-refractivity contribution < 1.29 is 4.79 Å². The van der Waals surface area contributed by atoms with Crippen LogP contribution in [-0.2, 0) is 0 Å². The number of pyridine rings is 1. The van der Waals surface area contributed by atoms with Crippen molar-refractivity contribution in [1.82, 2.24) is 9.88 Å². The van der Waals surface area contributed by atoms with Gasteiger partial charge in [0.15, 0.2) is 0 Å². The van der Waals surface area contributed by atoms with Crippen LogP contribution in [0.5, 0.6) is 0 Å². The van der Waals surface area contributed by atoms with E-state index in [0.29, 0.717) is 24.5 Å². The summed E-state index contributed by atoms with van der Waals surface area (Å²) in [5, 5.41) is 0.846. The van der Waals surface area contributed by atoms with Crippen molar-refractivity contribution >= 4 is 22.6 Å². The molecule has 2 aromatic rings. The average molecular weight is 258 g/mol. The van der Waals surface area contributed by atoms with Crippen LogP contribution < -0.4 is 11.3 Å². The van der Waals surface area contributed by atoms with E-state index in [1.165, 1.54) is 0 Å². The average Bonchev–Trinajstić information content (AvgIpc) is 2.47. The summed E-state index contributed by atoms with van der Waals surface area (Å²) in [6, 6.07) is 9.26. The summed E-state index contributed by atoms with van der Waals surface area (Å²) < 4.78 is 0. The van der Waals surface area contributed by atoms with E-state index >= 15 is 0 Å². The Kier molecular flexibility index (Phi) is 3.97. The van der Waals surface area contributed by atoms with Gasteiger partial charge in [0.2, 0.25) is 0 Å². The van der Waals surface area contributed by atoms with Gasteiger partial charge in [0.05, 0.1) is 11.1 Å². The van der Waals surface area contributed by atoms with E-state index in [-0.39, 0.29) is 5.91 Å². The number of aromatic nitrogens is 1. The van der Waals surface area contributed by atoms with Gasteiger partial charge in [-0.1, -0.05) is 18.2 Å². The SMILES string of the molecule is CCN(CC)C(=O)c1cc(NN)nc2ccccc12. The lowest BCUT2D eigenvalue weighted by molar-refractivity contribution is 0.0775. The van der Waals surface area contributed by atoms with E-state index in [1.54, 1.807) is 11.0 Å². The highest BCUT2D eigenvalue weighted by Gasteiger charge is 2.16. The number of hydrogen-bond donors (Lipinski definition) is 2. The van der Waals surface area contributed by atoms with Gasteiger partial charge in [-0.15, -0.1) is 0 Å². The predicted molar refractivity (Wildman–Crippen MR) is 76.8 cm³/mol. The van der Waals surface area contributed by atoms with Crippen LogP contribution in [0.3, 0.4) is 0 Å². The number of hydrazine groups is 1. The fraction of sp³-hybridized carbons (Fsp3) is 0.286. The Balaban J connectivity index is 2.60. The van der Waals surface area contributed by atoms with Gasteiger partial charge in [-0.2, -0.15) is 0 Å². The van der Waals surface area contributed by atoms with Crippen molar-refractivity contribution in [2.45, 2.75) is 13.8 Å². The molecule has 1 aromatic heterocycles. The van der Waals surface area contributed by atoms with Gasteiger partial charge in [-0.25, -0.2) is 10.8 Å². The fourth-order valence-electron chi connectivity index (χ4n) is 2.11. The highest BCUT2D eigenvalue weighted by Crippen LogP contribution is 2.21. The molecule has 5 heteroatoms. The fourth-order valence-corrected chi connectivity index (χ4v) is 2.11. The molecule has 100 valence electrons. The molecule has 0 unspecified atom stereocenters. The van der Waals surface area contributed by atoms with Gasteiger partial charge < -0.3 is 10.3 Å². The maximum absolute atomic E-state index is 12.5. The molecule has 0 saturated carbocycles. The summed E-state index contributed by atoms with van der Waals surface area (Å²) in [5.41, 5.74) is 3.89. The second-order valence-corrected chi connectivity index (χ2v) is 4.19. The number of rotatable bonds is 4. The smallest absolute Gasteiger partial charge is 0.254 e. The molecule has 1 heterocycles. The molecule has 0 radical (unpaired) electrons. The maximum atomic E-state index is 12.5. The number of nitrogens with two attached hydrogens (primary N) is 1. The van der Waals surface area contributed by atoms with Crippen molar-refractivity contribution in [2.75, 3.05) is 18.5 Å². The minimum Gasteiger partial charge on any atom is -0.339 e. The second-order valence-electron chi connectivity index (χ2n) is 4.19. The molecular formula is C14H18N4O. The van der Waals surface area contributed by atoms with Crippen LogP contribution in [0.4, 0.5) is 5.82 Å². The maximum Gasteiger partial charge on any atom is 0.254 e. The molecule has 0 saturated heterocycles. The summed E-state index contributed by atoms with van der Waals surface area (Å²) in [7, 11) is 0. The van der Waals surface area contributed by atoms with Gasteiger partial charge in [0.1, 0.15) is 5.82 Å². The third-order valence-electron chi connectivity index (χ3n) is 3.15. The van der Waals surface area contributed by atoms with Crippen LogP contribution >= 0.6 is 0 Å². The summed E-state index contributed by atoms with van der Waals surface area (Å²) in [5.74, 6) is 5.91. The topological polar surface area (TPSA) is 71.2 Å². The molecule has 0 fully saturated rings. The lowest BCUT2D eigenvalue weighted by atomic mass is 10.1. The highest BCUT2D eigenvalue weighted by atomic mass is 16.2. The zero-order valence-corrected chi connectivity index (χ0v) is 11.2. The lowest BCUT2D eigenvalue weighted by Gasteiger charge is -2.20. The number of anilines is 1. The van der Waals surface area contributed by atoms with Gasteiger partial charge in [0.25, 0.3) is 5.91 Å². The van der Waals surface area contributed by atoms with Crippen LogP contribution in [0, 0.1) is 0 Å². The molecule has 1 amide bonds. The van der Waals surface area contributed by atoms with Crippen LogP contribution in [-0.4, -0.2) is 28.9 Å². The zero-order valence-electron chi connectivity index (χ0n) is 11.2. The number of amides is 1. The number of fused-ring (bicyclic) bond motifs is 1. The Morgan fingerprint density at radius 2 is 2.00 bits per heavy atom. The summed E-state index contributed by atoms with van der Waals surface area (Å²) >= 11 is 0. The Morgan fingerprint density at radius 3 is 2.63 bits per heavy atom. The second kappa shape index (κ2) is 5.67. The van der Waals surface area contributed by atoms with Gasteiger partial charge in [-0.3, -0.25) is 4.79 Å². The zero-order chi connectivity index (χ0) is 13.8. The summed E-state index contributed by atoms with van der Waals surface area (Å²) in [6.45, 7) is 5.29. The molecule has 0 aliphatic heterocycles. The minimum atomic E-state index is 0.0000926. The first kappa shape index (κ1) is 13.3. The monoisotopic (exact) mass is 258 g/mol. The van der Waals surface area contributed by atoms with E-state index in [1.807, 2.05) is 38.1 Å². The van der Waals surface area contributed by atoms with E-state index < -0.39 is 0 Å². The molecule has 0 atom stereocenters. The van der Waals surface area contributed by atoms with Crippen LogP contribution in [0.1, 0.15) is 24.2 Å². The van der Waals surface area contributed by atoms with Gasteiger partial charge in [-0.05, 0) is 26.0 Å². The van der Waals surface area contributed by atoms with Gasteiger partial charge in [0, 0.05) is 18.5 Å². The molecule has 3 N–H and O–H groups in total. The Morgan fingerprint density at radius 1 is 1.32 bits per heavy atom. The third kappa shape index (κ3) is 2.51. The van der Waals surface area contributed by atoms with E-state index in [0.717, 1.165) is 10.9 Å². The molecule has 0 aliphatic rings. The number of carbonyl (C=O) groups excluding carboxylic acids is 1. The first-order chi connectivity index (χ1) is 9.21. The van der Waals surface area contributed by atoms with E-state index in [4.69, 9.17) is 5.84 Å². The number of nitrogens with one attached hydrogen (secondary N) is 1. The lowest BCUT2D eigenvalue weighted by Crippen LogP contribution is -2.30.